The fourth-order valence-corrected chi connectivity index (χ4v) is 3.10. The van der Waals surface area contributed by atoms with E-state index in [0.717, 1.165) is 31.6 Å². The number of aliphatic hydroxyl groups excluding tert-OH is 1. The quantitative estimate of drug-likeness (QED) is 0.895. The molecule has 3 heteroatoms. The number of rotatable bonds is 5. The molecule has 1 fully saturated rings. The first-order chi connectivity index (χ1) is 9.70. The van der Waals surface area contributed by atoms with E-state index < -0.39 is 0 Å². The minimum Gasteiger partial charge on any atom is -0.388 e. The normalized spacial score (nSPS) is 23.4. The van der Waals surface area contributed by atoms with Crippen molar-refractivity contribution in [2.24, 2.45) is 0 Å². The third kappa shape index (κ3) is 4.30. The maximum atomic E-state index is 10.3. The Kier molecular flexibility index (Phi) is 6.02. The molecular formula is C17H28N2O. The summed E-state index contributed by atoms with van der Waals surface area (Å²) in [5.41, 5.74) is 1.03. The average Bonchev–Trinajstić information content (AvgIpc) is 2.66. The molecule has 1 saturated heterocycles. The second-order valence-corrected chi connectivity index (χ2v) is 5.93. The first-order valence-corrected chi connectivity index (χ1v) is 7.86. The SMILES string of the molecule is CCC1CN(C)CCCN1CCC(O)c1ccccc1. The van der Waals surface area contributed by atoms with Crippen LogP contribution >= 0.6 is 0 Å². The van der Waals surface area contributed by atoms with Crippen LogP contribution in [0, 0.1) is 0 Å². The Balaban J connectivity index is 1.88. The van der Waals surface area contributed by atoms with Crippen molar-refractivity contribution in [3.63, 3.8) is 0 Å². The lowest BCUT2D eigenvalue weighted by atomic mass is 10.1. The lowest BCUT2D eigenvalue weighted by Gasteiger charge is -2.30. The van der Waals surface area contributed by atoms with Crippen LogP contribution < -0.4 is 0 Å². The van der Waals surface area contributed by atoms with Crippen LogP contribution in [0.5, 0.6) is 0 Å². The molecule has 0 bridgehead atoms. The Hall–Kier alpha value is -0.900. The standard InChI is InChI=1S/C17H28N2O/c1-3-16-14-18(2)11-7-12-19(16)13-10-17(20)15-8-5-4-6-9-15/h4-6,8-9,16-17,20H,3,7,10-14H2,1-2H3. The van der Waals surface area contributed by atoms with Crippen LogP contribution in [-0.4, -0.2) is 54.2 Å². The number of hydrogen-bond donors (Lipinski definition) is 1. The van der Waals surface area contributed by atoms with Gasteiger partial charge in [-0.05, 0) is 45.0 Å². The molecule has 1 heterocycles. The van der Waals surface area contributed by atoms with Gasteiger partial charge in [-0.15, -0.1) is 0 Å². The van der Waals surface area contributed by atoms with Crippen molar-refractivity contribution < 1.29 is 5.11 Å². The Labute approximate surface area is 123 Å². The molecule has 2 atom stereocenters. The smallest absolute Gasteiger partial charge is 0.0802 e. The summed E-state index contributed by atoms with van der Waals surface area (Å²) in [6.07, 6.45) is 2.90. The Morgan fingerprint density at radius 1 is 1.25 bits per heavy atom. The molecule has 0 saturated carbocycles. The molecule has 0 spiro atoms. The van der Waals surface area contributed by atoms with E-state index in [2.05, 4.69) is 23.8 Å². The van der Waals surface area contributed by atoms with Crippen LogP contribution in [0.25, 0.3) is 0 Å². The van der Waals surface area contributed by atoms with Crippen molar-refractivity contribution in [1.82, 2.24) is 9.80 Å². The highest BCUT2D eigenvalue weighted by atomic mass is 16.3. The van der Waals surface area contributed by atoms with Gasteiger partial charge in [0, 0.05) is 19.1 Å². The van der Waals surface area contributed by atoms with E-state index in [1.165, 1.54) is 19.4 Å². The van der Waals surface area contributed by atoms with Crippen molar-refractivity contribution >= 4 is 0 Å². The van der Waals surface area contributed by atoms with Gasteiger partial charge >= 0.3 is 0 Å². The van der Waals surface area contributed by atoms with E-state index in [-0.39, 0.29) is 6.10 Å². The molecule has 20 heavy (non-hydrogen) atoms. The van der Waals surface area contributed by atoms with Gasteiger partial charge in [-0.2, -0.15) is 0 Å². The minimum atomic E-state index is -0.338. The summed E-state index contributed by atoms with van der Waals surface area (Å²) in [5, 5.41) is 10.3. The predicted molar refractivity (Wildman–Crippen MR) is 83.8 cm³/mol. The third-order valence-corrected chi connectivity index (χ3v) is 4.37. The van der Waals surface area contributed by atoms with Gasteiger partial charge in [0.05, 0.1) is 6.10 Å². The topological polar surface area (TPSA) is 26.7 Å². The van der Waals surface area contributed by atoms with Crippen LogP contribution in [0.15, 0.2) is 30.3 Å². The molecule has 2 rings (SSSR count). The van der Waals surface area contributed by atoms with Gasteiger partial charge in [0.25, 0.3) is 0 Å². The molecule has 2 unspecified atom stereocenters. The van der Waals surface area contributed by atoms with E-state index in [9.17, 15) is 5.11 Å². The lowest BCUT2D eigenvalue weighted by molar-refractivity contribution is 0.121. The van der Waals surface area contributed by atoms with Crippen molar-refractivity contribution in [3.8, 4) is 0 Å². The maximum Gasteiger partial charge on any atom is 0.0802 e. The molecule has 1 aliphatic rings. The molecule has 3 nitrogen and oxygen atoms in total. The molecule has 0 amide bonds. The molecule has 0 radical (unpaired) electrons. The number of aliphatic hydroxyl groups is 1. The van der Waals surface area contributed by atoms with Gasteiger partial charge in [-0.1, -0.05) is 37.3 Å². The van der Waals surface area contributed by atoms with Crippen LogP contribution in [0.4, 0.5) is 0 Å². The lowest BCUT2D eigenvalue weighted by Crippen LogP contribution is -2.40. The highest BCUT2D eigenvalue weighted by Gasteiger charge is 2.22. The summed E-state index contributed by atoms with van der Waals surface area (Å²) in [4.78, 5) is 5.00. The minimum absolute atomic E-state index is 0.338. The number of likely N-dealkylation sites (N-methyl/N-ethyl adjacent to an activating group) is 1. The fraction of sp³-hybridized carbons (Fsp3) is 0.647. The Bertz CT molecular complexity index is 382. The monoisotopic (exact) mass is 276 g/mol. The van der Waals surface area contributed by atoms with Crippen LogP contribution in [0.1, 0.15) is 37.9 Å². The summed E-state index contributed by atoms with van der Waals surface area (Å²) >= 11 is 0. The zero-order valence-corrected chi connectivity index (χ0v) is 12.8. The summed E-state index contributed by atoms with van der Waals surface area (Å²) < 4.78 is 0. The van der Waals surface area contributed by atoms with Gasteiger partial charge in [-0.3, -0.25) is 4.90 Å². The fourth-order valence-electron chi connectivity index (χ4n) is 3.10. The van der Waals surface area contributed by atoms with Crippen molar-refractivity contribution in [1.29, 1.82) is 0 Å². The summed E-state index contributed by atoms with van der Waals surface area (Å²) in [6, 6.07) is 10.6. The second-order valence-electron chi connectivity index (χ2n) is 5.93. The summed E-state index contributed by atoms with van der Waals surface area (Å²) in [6.45, 7) is 6.75. The summed E-state index contributed by atoms with van der Waals surface area (Å²) in [7, 11) is 2.21. The zero-order chi connectivity index (χ0) is 14.4. The zero-order valence-electron chi connectivity index (χ0n) is 12.8. The van der Waals surface area contributed by atoms with Crippen LogP contribution in [0.3, 0.4) is 0 Å². The molecule has 112 valence electrons. The van der Waals surface area contributed by atoms with E-state index in [0.29, 0.717) is 6.04 Å². The largest absolute Gasteiger partial charge is 0.388 e. The average molecular weight is 276 g/mol. The van der Waals surface area contributed by atoms with Crippen LogP contribution in [0.2, 0.25) is 0 Å². The molecule has 1 aromatic carbocycles. The van der Waals surface area contributed by atoms with Gasteiger partial charge in [0.2, 0.25) is 0 Å². The van der Waals surface area contributed by atoms with E-state index >= 15 is 0 Å². The number of hydrogen-bond acceptors (Lipinski definition) is 3. The van der Waals surface area contributed by atoms with Crippen molar-refractivity contribution in [2.75, 3.05) is 33.2 Å². The number of nitrogens with zero attached hydrogens (tertiary/aromatic N) is 2. The van der Waals surface area contributed by atoms with Gasteiger partial charge < -0.3 is 10.0 Å². The molecule has 0 aromatic heterocycles. The third-order valence-electron chi connectivity index (χ3n) is 4.37. The van der Waals surface area contributed by atoms with Gasteiger partial charge in [0.1, 0.15) is 0 Å². The van der Waals surface area contributed by atoms with Crippen molar-refractivity contribution in [3.05, 3.63) is 35.9 Å². The summed E-state index contributed by atoms with van der Waals surface area (Å²) in [5.74, 6) is 0. The van der Waals surface area contributed by atoms with Gasteiger partial charge in [0.15, 0.2) is 0 Å². The predicted octanol–water partition coefficient (Wildman–Crippen LogP) is 2.53. The molecule has 1 aliphatic heterocycles. The molecular weight excluding hydrogens is 248 g/mol. The molecule has 1 aromatic rings. The highest BCUT2D eigenvalue weighted by molar-refractivity contribution is 5.17. The number of benzene rings is 1. The second kappa shape index (κ2) is 7.77. The van der Waals surface area contributed by atoms with Gasteiger partial charge in [-0.25, -0.2) is 0 Å². The maximum absolute atomic E-state index is 10.3. The van der Waals surface area contributed by atoms with E-state index in [1.807, 2.05) is 30.3 Å². The van der Waals surface area contributed by atoms with Crippen molar-refractivity contribution in [2.45, 2.75) is 38.3 Å². The highest BCUT2D eigenvalue weighted by Crippen LogP contribution is 2.19. The first-order valence-electron chi connectivity index (χ1n) is 7.86. The molecule has 0 aliphatic carbocycles. The Morgan fingerprint density at radius 2 is 2.00 bits per heavy atom. The first kappa shape index (κ1) is 15.5. The van der Waals surface area contributed by atoms with Crippen LogP contribution in [-0.2, 0) is 0 Å². The Morgan fingerprint density at radius 3 is 2.70 bits per heavy atom. The van der Waals surface area contributed by atoms with E-state index in [4.69, 9.17) is 0 Å². The van der Waals surface area contributed by atoms with E-state index in [1.54, 1.807) is 0 Å². The molecule has 1 N–H and O–H groups in total.